The Morgan fingerprint density at radius 2 is 2.19 bits per heavy atom. The summed E-state index contributed by atoms with van der Waals surface area (Å²) in [6, 6.07) is -1.05. The van der Waals surface area contributed by atoms with Crippen molar-refractivity contribution >= 4 is 51.9 Å². The molecule has 1 aromatic rings. The number of β-lactam (4-membered cyclic amide) rings is 1. The van der Waals surface area contributed by atoms with Crippen LogP contribution in [0, 0.1) is 0 Å². The van der Waals surface area contributed by atoms with Crippen LogP contribution in [0.4, 0.5) is 9.52 Å². The molecule has 0 radical (unpaired) electrons. The van der Waals surface area contributed by atoms with Crippen LogP contribution in [0.3, 0.4) is 0 Å². The molecule has 0 bridgehead atoms. The highest BCUT2D eigenvalue weighted by atomic mass is 32.2. The van der Waals surface area contributed by atoms with Gasteiger partial charge in [0, 0.05) is 17.3 Å². The fraction of sp³-hybridized carbons (Fsp3) is 0.500. The minimum atomic E-state index is -1.30. The van der Waals surface area contributed by atoms with Gasteiger partial charge in [0.1, 0.15) is 29.8 Å². The molecule has 1 aromatic heterocycles. The van der Waals surface area contributed by atoms with Gasteiger partial charge < -0.3 is 30.6 Å². The number of hydrogen-bond acceptors (Lipinski definition) is 11. The molecule has 1 fully saturated rings. The number of allylic oxidation sites excluding steroid dienone is 1. The molecular weight excluding hydrogens is 517 g/mol. The number of nitrogens with one attached hydrogen (secondary N) is 1. The Balaban J connectivity index is 1.75. The average molecular weight is 545 g/mol. The van der Waals surface area contributed by atoms with Gasteiger partial charge in [0.15, 0.2) is 5.13 Å². The number of carboxylic acid groups (broad SMARTS) is 1. The Labute approximate surface area is 214 Å². The standard InChI is InChI=1S/C20H26FN7O6S2/c1-10(29)7-28(2,3)6-4-5-11-8-35-18-13(17(31)27(18)14(11)19(32)33)23-16(30)12(25-34-9-21)15-24-20(22)36-26-15/h4-5,10,13,18,29H,6-9H2,1-3H3,(H3-,22,23,24,26,30,32,33)/p+1/b5-4+,25-12-/t10?,13-,18+/m1/s1. The van der Waals surface area contributed by atoms with Crippen molar-refractivity contribution in [1.82, 2.24) is 19.6 Å². The third kappa shape index (κ3) is 6.18. The molecular formula is C20H27FN7O6S2+. The molecule has 2 amide bonds. The van der Waals surface area contributed by atoms with E-state index >= 15 is 0 Å². The lowest BCUT2D eigenvalue weighted by Gasteiger charge is -2.49. The first-order chi connectivity index (χ1) is 16.9. The summed E-state index contributed by atoms with van der Waals surface area (Å²) in [4.78, 5) is 47.0. The molecule has 0 saturated carbocycles. The number of nitrogen functional groups attached to an aromatic ring is 1. The Hall–Kier alpha value is -3.08. The number of carbonyl (C=O) groups is 3. The molecule has 1 saturated heterocycles. The van der Waals surface area contributed by atoms with Gasteiger partial charge in [-0.1, -0.05) is 11.2 Å². The number of halogens is 1. The summed E-state index contributed by atoms with van der Waals surface area (Å²) in [5, 5.41) is 24.7. The molecule has 36 heavy (non-hydrogen) atoms. The number of rotatable bonds is 11. The molecule has 5 N–H and O–H groups in total. The van der Waals surface area contributed by atoms with Gasteiger partial charge in [0.05, 0.1) is 20.6 Å². The van der Waals surface area contributed by atoms with E-state index in [1.54, 1.807) is 13.0 Å². The van der Waals surface area contributed by atoms with Crippen LogP contribution in [-0.4, -0.2) is 110 Å². The summed E-state index contributed by atoms with van der Waals surface area (Å²) in [5.41, 5.74) is 5.36. The van der Waals surface area contributed by atoms with Crippen LogP contribution >= 0.6 is 23.3 Å². The second-order valence-electron chi connectivity index (χ2n) is 8.73. The second-order valence-corrected chi connectivity index (χ2v) is 10.6. The van der Waals surface area contributed by atoms with E-state index < -0.39 is 47.9 Å². The van der Waals surface area contributed by atoms with Crippen molar-refractivity contribution < 1.29 is 38.3 Å². The number of aliphatic hydroxyl groups excluding tert-OH is 1. The van der Waals surface area contributed by atoms with Crippen LogP contribution < -0.4 is 11.1 Å². The SMILES string of the molecule is CC(O)C[N+](C)(C)C/C=C/C1=C(C(=O)O)N2C(=O)[C@@H](NC(=O)/C(=N\OCF)c3nsc(N)n3)[C@@H]2SC1. The van der Waals surface area contributed by atoms with E-state index in [2.05, 4.69) is 24.7 Å². The van der Waals surface area contributed by atoms with Gasteiger partial charge in [-0.15, -0.1) is 11.8 Å². The van der Waals surface area contributed by atoms with E-state index in [1.807, 2.05) is 20.2 Å². The summed E-state index contributed by atoms with van der Waals surface area (Å²) in [7, 11) is 3.88. The number of alkyl halides is 1. The predicted octanol–water partition coefficient (Wildman–Crippen LogP) is -0.480. The fourth-order valence-corrected chi connectivity index (χ4v) is 5.61. The van der Waals surface area contributed by atoms with Crippen molar-refractivity contribution in [3.63, 3.8) is 0 Å². The molecule has 0 aromatic carbocycles. The molecule has 2 aliphatic heterocycles. The number of quaternary nitrogens is 1. The number of fused-ring (bicyclic) bond motifs is 1. The number of oxime groups is 1. The number of hydrogen-bond donors (Lipinski definition) is 4. The van der Waals surface area contributed by atoms with Crippen LogP contribution in [-0.2, 0) is 19.2 Å². The van der Waals surface area contributed by atoms with Gasteiger partial charge in [-0.2, -0.15) is 9.36 Å². The van der Waals surface area contributed by atoms with E-state index in [1.165, 1.54) is 11.8 Å². The van der Waals surface area contributed by atoms with Crippen molar-refractivity contribution in [2.45, 2.75) is 24.4 Å². The van der Waals surface area contributed by atoms with Gasteiger partial charge in [0.2, 0.25) is 11.5 Å². The highest BCUT2D eigenvalue weighted by Crippen LogP contribution is 2.40. The van der Waals surface area contributed by atoms with Crippen LogP contribution in [0.2, 0.25) is 0 Å². The highest BCUT2D eigenvalue weighted by molar-refractivity contribution is 8.00. The number of aliphatic carboxylic acids is 1. The predicted molar refractivity (Wildman–Crippen MR) is 130 cm³/mol. The Kier molecular flexibility index (Phi) is 8.65. The largest absolute Gasteiger partial charge is 0.477 e. The second kappa shape index (κ2) is 11.3. The van der Waals surface area contributed by atoms with Crippen molar-refractivity contribution in [1.29, 1.82) is 0 Å². The molecule has 0 aliphatic carbocycles. The number of aromatic nitrogens is 2. The van der Waals surface area contributed by atoms with E-state index in [9.17, 15) is 29.0 Å². The van der Waals surface area contributed by atoms with Crippen molar-refractivity contribution in [3.8, 4) is 0 Å². The zero-order valence-electron chi connectivity index (χ0n) is 19.8. The van der Waals surface area contributed by atoms with Crippen LogP contribution in [0.25, 0.3) is 0 Å². The number of nitrogens with two attached hydrogens (primary N) is 1. The first-order valence-corrected chi connectivity index (χ1v) is 12.5. The summed E-state index contributed by atoms with van der Waals surface area (Å²) >= 11 is 2.08. The van der Waals surface area contributed by atoms with E-state index in [4.69, 9.17) is 5.73 Å². The Morgan fingerprint density at radius 3 is 2.78 bits per heavy atom. The minimum absolute atomic E-state index is 0.0457. The molecule has 1 unspecified atom stereocenters. The van der Waals surface area contributed by atoms with Gasteiger partial charge >= 0.3 is 5.97 Å². The number of likely N-dealkylation sites (N-methyl/N-ethyl adjacent to an activating group) is 1. The number of thioether (sulfide) groups is 1. The molecule has 3 rings (SSSR count). The lowest BCUT2D eigenvalue weighted by Crippen LogP contribution is -2.71. The van der Waals surface area contributed by atoms with Gasteiger partial charge in [-0.3, -0.25) is 14.5 Å². The van der Waals surface area contributed by atoms with E-state index in [-0.39, 0.29) is 16.7 Å². The van der Waals surface area contributed by atoms with Crippen LogP contribution in [0.15, 0.2) is 28.6 Å². The average Bonchev–Trinajstić information content (AvgIpc) is 3.21. The first-order valence-electron chi connectivity index (χ1n) is 10.7. The summed E-state index contributed by atoms with van der Waals surface area (Å²) in [6.07, 6.45) is 2.99. The van der Waals surface area contributed by atoms with E-state index in [0.717, 1.165) is 16.4 Å². The molecule has 13 nitrogen and oxygen atoms in total. The number of aliphatic hydroxyl groups is 1. The van der Waals surface area contributed by atoms with Crippen molar-refractivity contribution in [2.24, 2.45) is 5.16 Å². The zero-order valence-corrected chi connectivity index (χ0v) is 21.4. The maximum Gasteiger partial charge on any atom is 0.352 e. The first kappa shape index (κ1) is 27.5. The molecule has 3 atom stereocenters. The van der Waals surface area contributed by atoms with Crippen molar-refractivity contribution in [2.75, 3.05) is 45.5 Å². The maximum atomic E-state index is 12.9. The lowest BCUT2D eigenvalue weighted by atomic mass is 10.0. The topological polar surface area (TPSA) is 180 Å². The van der Waals surface area contributed by atoms with Crippen LogP contribution in [0.1, 0.15) is 12.7 Å². The van der Waals surface area contributed by atoms with Crippen molar-refractivity contribution in [3.05, 3.63) is 29.2 Å². The van der Waals surface area contributed by atoms with Gasteiger partial charge in [-0.25, -0.2) is 9.18 Å². The third-order valence-electron chi connectivity index (χ3n) is 5.24. The molecule has 2 aliphatic rings. The molecule has 196 valence electrons. The summed E-state index contributed by atoms with van der Waals surface area (Å²) in [5.74, 6) is -2.69. The highest BCUT2D eigenvalue weighted by Gasteiger charge is 2.54. The number of anilines is 1. The Morgan fingerprint density at radius 1 is 1.47 bits per heavy atom. The molecule has 3 heterocycles. The minimum Gasteiger partial charge on any atom is -0.477 e. The maximum absolute atomic E-state index is 12.9. The summed E-state index contributed by atoms with van der Waals surface area (Å²) < 4.78 is 16.8. The fourth-order valence-electron chi connectivity index (χ4n) is 3.85. The monoisotopic (exact) mass is 544 g/mol. The van der Waals surface area contributed by atoms with Crippen LogP contribution in [0.5, 0.6) is 0 Å². The molecule has 0 spiro atoms. The van der Waals surface area contributed by atoms with Gasteiger partial charge in [0.25, 0.3) is 18.7 Å². The number of nitrogens with zero attached hydrogens (tertiary/aromatic N) is 5. The number of carboxylic acids is 1. The number of carbonyl (C=O) groups excluding carboxylic acids is 2. The Bertz CT molecular complexity index is 1120. The number of amides is 2. The quantitative estimate of drug-likeness (QED) is 0.123. The summed E-state index contributed by atoms with van der Waals surface area (Å²) in [6.45, 7) is 1.45. The zero-order chi connectivity index (χ0) is 26.6. The van der Waals surface area contributed by atoms with Gasteiger partial charge in [-0.05, 0) is 18.6 Å². The lowest BCUT2D eigenvalue weighted by molar-refractivity contribution is -0.887. The van der Waals surface area contributed by atoms with E-state index in [0.29, 0.717) is 28.9 Å². The normalized spacial score (nSPS) is 21.3. The smallest absolute Gasteiger partial charge is 0.352 e. The third-order valence-corrected chi connectivity index (χ3v) is 7.08. The molecule has 16 heteroatoms.